The average molecular weight is 382 g/mol. The van der Waals surface area contributed by atoms with E-state index in [9.17, 15) is 0 Å². The van der Waals surface area contributed by atoms with Crippen LogP contribution in [0.2, 0.25) is 0 Å². The summed E-state index contributed by atoms with van der Waals surface area (Å²) in [5, 5.41) is 2.80. The van der Waals surface area contributed by atoms with Gasteiger partial charge in [0.2, 0.25) is 0 Å². The zero-order chi connectivity index (χ0) is 20.3. The van der Waals surface area contributed by atoms with Gasteiger partial charge in [-0.1, -0.05) is 55.3 Å². The van der Waals surface area contributed by atoms with Gasteiger partial charge in [-0.3, -0.25) is 0 Å². The van der Waals surface area contributed by atoms with Gasteiger partial charge < -0.3 is 0 Å². The first kappa shape index (κ1) is 18.6. The molecule has 1 saturated carbocycles. The first-order chi connectivity index (χ1) is 13.8. The standard InChI is InChI=1S/C28H31N/c1-17-13-18(2)15-21(14-17)27-23-8-6-7-22-24(16-19(3)26(29-27)25(22)23)20-9-11-28(4,5)12-10-20/h6-8,13-16,20H,9-12H2,1-5H3. The Bertz CT molecular complexity index is 1130. The van der Waals surface area contributed by atoms with Crippen LogP contribution in [-0.4, -0.2) is 5.71 Å². The van der Waals surface area contributed by atoms with Crippen molar-refractivity contribution >= 4 is 22.2 Å². The van der Waals surface area contributed by atoms with Gasteiger partial charge in [-0.25, -0.2) is 4.99 Å². The van der Waals surface area contributed by atoms with Crippen LogP contribution < -0.4 is 0 Å². The third-order valence-electron chi connectivity index (χ3n) is 7.11. The second kappa shape index (κ2) is 6.55. The van der Waals surface area contributed by atoms with Crippen LogP contribution in [0.25, 0.3) is 10.8 Å². The predicted octanol–water partition coefficient (Wildman–Crippen LogP) is 7.93. The highest BCUT2D eigenvalue weighted by molar-refractivity contribution is 6.27. The molecular formula is C28H31N. The normalized spacial score (nSPS) is 18.3. The Morgan fingerprint density at radius 3 is 2.28 bits per heavy atom. The quantitative estimate of drug-likeness (QED) is 0.334. The Morgan fingerprint density at radius 1 is 0.897 bits per heavy atom. The van der Waals surface area contributed by atoms with Crippen molar-refractivity contribution in [2.75, 3.05) is 0 Å². The molecule has 2 aliphatic rings. The second-order valence-corrected chi connectivity index (χ2v) is 10.1. The van der Waals surface area contributed by atoms with Crippen molar-refractivity contribution in [3.63, 3.8) is 0 Å². The minimum atomic E-state index is 0.500. The maximum absolute atomic E-state index is 5.17. The number of benzene rings is 3. The molecular weight excluding hydrogens is 350 g/mol. The van der Waals surface area contributed by atoms with E-state index in [0.717, 1.165) is 5.71 Å². The maximum Gasteiger partial charge on any atom is 0.0789 e. The van der Waals surface area contributed by atoms with Crippen LogP contribution >= 0.6 is 0 Å². The van der Waals surface area contributed by atoms with Crippen molar-refractivity contribution in [1.82, 2.24) is 0 Å². The van der Waals surface area contributed by atoms with Gasteiger partial charge in [0, 0.05) is 16.5 Å². The largest absolute Gasteiger partial charge is 0.247 e. The lowest BCUT2D eigenvalue weighted by Gasteiger charge is -2.35. The maximum atomic E-state index is 5.17. The molecule has 0 saturated heterocycles. The minimum Gasteiger partial charge on any atom is -0.247 e. The summed E-state index contributed by atoms with van der Waals surface area (Å²) < 4.78 is 0. The smallest absolute Gasteiger partial charge is 0.0789 e. The van der Waals surface area contributed by atoms with E-state index in [4.69, 9.17) is 4.99 Å². The molecule has 1 aliphatic heterocycles. The van der Waals surface area contributed by atoms with Crippen molar-refractivity contribution in [2.24, 2.45) is 10.4 Å². The van der Waals surface area contributed by atoms with Crippen LogP contribution in [-0.2, 0) is 0 Å². The predicted molar refractivity (Wildman–Crippen MR) is 125 cm³/mol. The monoisotopic (exact) mass is 381 g/mol. The van der Waals surface area contributed by atoms with Gasteiger partial charge in [-0.2, -0.15) is 0 Å². The molecule has 3 aromatic carbocycles. The first-order valence-electron chi connectivity index (χ1n) is 11.1. The summed E-state index contributed by atoms with van der Waals surface area (Å²) in [7, 11) is 0. The lowest BCUT2D eigenvalue weighted by molar-refractivity contribution is 0.225. The van der Waals surface area contributed by atoms with Gasteiger partial charge in [0.25, 0.3) is 0 Å². The highest BCUT2D eigenvalue weighted by Crippen LogP contribution is 2.48. The summed E-state index contributed by atoms with van der Waals surface area (Å²) in [5.74, 6) is 0.677. The van der Waals surface area contributed by atoms with Crippen LogP contribution in [0.5, 0.6) is 0 Å². The third-order valence-corrected chi connectivity index (χ3v) is 7.11. The molecule has 0 radical (unpaired) electrons. The summed E-state index contributed by atoms with van der Waals surface area (Å²) in [6, 6.07) is 16.1. The SMILES string of the molecule is Cc1cc(C)cc(C2=Nc3c(C)cc(C4CCC(C)(C)CC4)c4cccc2c34)c1. The Balaban J connectivity index is 1.66. The summed E-state index contributed by atoms with van der Waals surface area (Å²) in [5.41, 5.74) is 10.8. The van der Waals surface area contributed by atoms with Crippen LogP contribution in [0.1, 0.15) is 78.8 Å². The van der Waals surface area contributed by atoms with Crippen molar-refractivity contribution in [2.45, 2.75) is 66.2 Å². The third kappa shape index (κ3) is 3.12. The number of aliphatic imine (C=N–C) groups is 1. The van der Waals surface area contributed by atoms with Crippen LogP contribution in [0.3, 0.4) is 0 Å². The molecule has 0 bridgehead atoms. The molecule has 0 unspecified atom stereocenters. The van der Waals surface area contributed by atoms with Crippen LogP contribution in [0, 0.1) is 26.2 Å². The number of aryl methyl sites for hydroxylation is 3. The van der Waals surface area contributed by atoms with E-state index in [1.54, 1.807) is 5.56 Å². The van der Waals surface area contributed by atoms with E-state index in [1.165, 1.54) is 70.0 Å². The summed E-state index contributed by atoms with van der Waals surface area (Å²) >= 11 is 0. The lowest BCUT2D eigenvalue weighted by Crippen LogP contribution is -2.20. The number of hydrogen-bond acceptors (Lipinski definition) is 1. The molecule has 1 aliphatic carbocycles. The van der Waals surface area contributed by atoms with Crippen LogP contribution in [0.15, 0.2) is 47.5 Å². The van der Waals surface area contributed by atoms with E-state index >= 15 is 0 Å². The molecule has 1 heterocycles. The molecule has 3 aromatic rings. The summed E-state index contributed by atoms with van der Waals surface area (Å²) in [6.07, 6.45) is 5.25. The van der Waals surface area contributed by atoms with Crippen molar-refractivity contribution in [3.05, 3.63) is 75.8 Å². The molecule has 29 heavy (non-hydrogen) atoms. The van der Waals surface area contributed by atoms with Gasteiger partial charge in [0.1, 0.15) is 0 Å². The molecule has 1 nitrogen and oxygen atoms in total. The van der Waals surface area contributed by atoms with E-state index in [-0.39, 0.29) is 0 Å². The second-order valence-electron chi connectivity index (χ2n) is 10.1. The zero-order valence-electron chi connectivity index (χ0n) is 18.4. The highest BCUT2D eigenvalue weighted by atomic mass is 14.8. The number of nitrogens with zero attached hydrogens (tertiary/aromatic N) is 1. The molecule has 148 valence electrons. The fourth-order valence-corrected chi connectivity index (χ4v) is 5.52. The van der Waals surface area contributed by atoms with Crippen LogP contribution in [0.4, 0.5) is 5.69 Å². The van der Waals surface area contributed by atoms with Crippen molar-refractivity contribution < 1.29 is 0 Å². The van der Waals surface area contributed by atoms with E-state index < -0.39 is 0 Å². The summed E-state index contributed by atoms with van der Waals surface area (Å²) in [4.78, 5) is 5.17. The molecule has 0 aromatic heterocycles. The Kier molecular flexibility index (Phi) is 4.21. The van der Waals surface area contributed by atoms with E-state index in [0.29, 0.717) is 11.3 Å². The fraction of sp³-hybridized carbons (Fsp3) is 0.393. The van der Waals surface area contributed by atoms with Gasteiger partial charge in [0.15, 0.2) is 0 Å². The van der Waals surface area contributed by atoms with Crippen molar-refractivity contribution in [3.8, 4) is 0 Å². The van der Waals surface area contributed by atoms with Gasteiger partial charge >= 0.3 is 0 Å². The van der Waals surface area contributed by atoms with E-state index in [1.807, 2.05) is 0 Å². The zero-order valence-corrected chi connectivity index (χ0v) is 18.4. The lowest BCUT2D eigenvalue weighted by atomic mass is 9.70. The molecule has 1 heteroatoms. The van der Waals surface area contributed by atoms with Gasteiger partial charge in [-0.05, 0) is 86.4 Å². The first-order valence-corrected chi connectivity index (χ1v) is 11.1. The molecule has 0 N–H and O–H groups in total. The molecule has 0 amide bonds. The minimum absolute atomic E-state index is 0.500. The molecule has 5 rings (SSSR count). The Hall–Kier alpha value is -2.41. The van der Waals surface area contributed by atoms with E-state index in [2.05, 4.69) is 77.1 Å². The average Bonchev–Trinajstić information content (AvgIpc) is 3.05. The highest BCUT2D eigenvalue weighted by Gasteiger charge is 2.30. The number of hydrogen-bond donors (Lipinski definition) is 0. The summed E-state index contributed by atoms with van der Waals surface area (Å²) in [6.45, 7) is 11.4. The topological polar surface area (TPSA) is 12.4 Å². The van der Waals surface area contributed by atoms with Gasteiger partial charge in [0.05, 0.1) is 11.4 Å². The molecule has 0 atom stereocenters. The van der Waals surface area contributed by atoms with Crippen molar-refractivity contribution in [1.29, 1.82) is 0 Å². The number of rotatable bonds is 2. The van der Waals surface area contributed by atoms with Gasteiger partial charge in [-0.15, -0.1) is 0 Å². The molecule has 1 fully saturated rings. The fourth-order valence-electron chi connectivity index (χ4n) is 5.52. The Labute approximate surface area is 174 Å². The molecule has 0 spiro atoms. The Morgan fingerprint density at radius 2 is 1.59 bits per heavy atom.